The largest absolute Gasteiger partial charge is 0.460 e. The van der Waals surface area contributed by atoms with Gasteiger partial charge in [-0.05, 0) is 20.8 Å². The Bertz CT molecular complexity index is 300. The Balaban J connectivity index is 4.19. The summed E-state index contributed by atoms with van der Waals surface area (Å²) in [6.45, 7) is 5.15. The number of esters is 1. The number of ketones is 1. The Kier molecular flexibility index (Phi) is 4.84. The van der Waals surface area contributed by atoms with Crippen LogP contribution in [0.25, 0.3) is 5.53 Å². The predicted molar refractivity (Wildman–Crippen MR) is 53.1 cm³/mol. The molecule has 0 saturated heterocycles. The molecule has 84 valence electrons. The van der Waals surface area contributed by atoms with Gasteiger partial charge in [0.25, 0.3) is 5.78 Å². The van der Waals surface area contributed by atoms with E-state index in [9.17, 15) is 9.59 Å². The topological polar surface area (TPSA) is 106 Å². The summed E-state index contributed by atoms with van der Waals surface area (Å²) in [5.74, 6) is -1.18. The molecule has 0 aliphatic rings. The van der Waals surface area contributed by atoms with Crippen LogP contribution in [0.5, 0.6) is 0 Å². The van der Waals surface area contributed by atoms with Gasteiger partial charge in [0, 0.05) is 0 Å². The fourth-order valence-electron chi connectivity index (χ4n) is 0.816. The number of ether oxygens (including phenoxy) is 1. The van der Waals surface area contributed by atoms with Crippen molar-refractivity contribution in [3.05, 3.63) is 5.53 Å². The number of carbonyl (C=O) groups excluding carboxylic acids is 2. The quantitative estimate of drug-likeness (QED) is 0.305. The van der Waals surface area contributed by atoms with Gasteiger partial charge in [0.2, 0.25) is 0 Å². The van der Waals surface area contributed by atoms with Gasteiger partial charge in [0.15, 0.2) is 0 Å². The summed E-state index contributed by atoms with van der Waals surface area (Å²) in [5, 5.41) is 0. The van der Waals surface area contributed by atoms with Crippen molar-refractivity contribution < 1.29 is 19.1 Å². The number of carbonyl (C=O) groups is 2. The Morgan fingerprint density at radius 2 is 2.07 bits per heavy atom. The summed E-state index contributed by atoms with van der Waals surface area (Å²) in [4.78, 5) is 24.8. The number of hydrogen-bond acceptors (Lipinski definition) is 4. The average molecular weight is 213 g/mol. The molecule has 0 aliphatic heterocycles. The van der Waals surface area contributed by atoms with E-state index in [0.29, 0.717) is 6.21 Å². The van der Waals surface area contributed by atoms with Gasteiger partial charge in [-0.25, -0.2) is 0 Å². The normalized spacial score (nSPS) is 12.5. The summed E-state index contributed by atoms with van der Waals surface area (Å²) in [5.41, 5.74) is 12.8. The third kappa shape index (κ3) is 6.54. The van der Waals surface area contributed by atoms with Gasteiger partial charge in [-0.1, -0.05) is 0 Å². The molecule has 0 heterocycles. The van der Waals surface area contributed by atoms with Crippen molar-refractivity contribution in [3.63, 3.8) is 0 Å². The molecule has 15 heavy (non-hydrogen) atoms. The lowest BCUT2D eigenvalue weighted by atomic mass is 10.1. The summed E-state index contributed by atoms with van der Waals surface area (Å²) in [6, 6.07) is -1.03. The van der Waals surface area contributed by atoms with E-state index in [-0.39, 0.29) is 6.42 Å². The molecule has 0 amide bonds. The lowest BCUT2D eigenvalue weighted by Crippen LogP contribution is -2.36. The summed E-state index contributed by atoms with van der Waals surface area (Å²) >= 11 is 0. The molecule has 2 N–H and O–H groups in total. The second-order valence-corrected chi connectivity index (χ2v) is 4.04. The smallest absolute Gasteiger partial charge is 0.324 e. The SMILES string of the molecule is CC(C)(C)OC(=O)CC(N)C(=O)C=[N+]=[N-]. The van der Waals surface area contributed by atoms with E-state index in [4.69, 9.17) is 16.0 Å². The molecule has 0 rings (SSSR count). The highest BCUT2D eigenvalue weighted by Gasteiger charge is 2.23. The summed E-state index contributed by atoms with van der Waals surface area (Å²) in [6.07, 6.45) is 0.428. The molecular weight excluding hydrogens is 198 g/mol. The lowest BCUT2D eigenvalue weighted by Gasteiger charge is -2.20. The molecule has 0 aromatic rings. The van der Waals surface area contributed by atoms with Gasteiger partial charge < -0.3 is 16.0 Å². The molecule has 0 bridgehead atoms. The molecule has 1 unspecified atom stereocenters. The summed E-state index contributed by atoms with van der Waals surface area (Å²) in [7, 11) is 0. The third-order valence-electron chi connectivity index (χ3n) is 1.36. The van der Waals surface area contributed by atoms with Crippen molar-refractivity contribution in [2.45, 2.75) is 38.8 Å². The number of nitrogens with two attached hydrogens (primary N) is 1. The van der Waals surface area contributed by atoms with Crippen LogP contribution in [0.2, 0.25) is 0 Å². The van der Waals surface area contributed by atoms with Crippen LogP contribution < -0.4 is 5.73 Å². The molecule has 0 fully saturated rings. The number of rotatable bonds is 4. The van der Waals surface area contributed by atoms with Crippen LogP contribution in [-0.4, -0.2) is 34.4 Å². The van der Waals surface area contributed by atoms with Crippen molar-refractivity contribution in [1.29, 1.82) is 0 Å². The monoisotopic (exact) mass is 213 g/mol. The van der Waals surface area contributed by atoms with E-state index in [2.05, 4.69) is 4.79 Å². The van der Waals surface area contributed by atoms with E-state index in [1.807, 2.05) is 0 Å². The van der Waals surface area contributed by atoms with Gasteiger partial charge in [0.1, 0.15) is 5.60 Å². The second-order valence-electron chi connectivity index (χ2n) is 4.04. The highest BCUT2D eigenvalue weighted by atomic mass is 16.6. The molecule has 0 aromatic heterocycles. The van der Waals surface area contributed by atoms with Crippen LogP contribution in [0.1, 0.15) is 27.2 Å². The fourth-order valence-corrected chi connectivity index (χ4v) is 0.816. The number of Topliss-reactive ketones (excluding diaryl/α,β-unsaturated/α-hetero) is 1. The highest BCUT2D eigenvalue weighted by Crippen LogP contribution is 2.08. The Labute approximate surface area is 88.0 Å². The zero-order valence-electron chi connectivity index (χ0n) is 9.06. The van der Waals surface area contributed by atoms with Gasteiger partial charge in [-0.15, -0.1) is 0 Å². The first-order valence-corrected chi connectivity index (χ1v) is 4.45. The van der Waals surface area contributed by atoms with Gasteiger partial charge >= 0.3 is 12.2 Å². The van der Waals surface area contributed by atoms with Crippen molar-refractivity contribution >= 4 is 18.0 Å². The van der Waals surface area contributed by atoms with Crippen molar-refractivity contribution in [2.75, 3.05) is 0 Å². The molecule has 6 nitrogen and oxygen atoms in total. The molecule has 0 saturated carbocycles. The zero-order chi connectivity index (χ0) is 12.1. The van der Waals surface area contributed by atoms with Crippen molar-refractivity contribution in [2.24, 2.45) is 5.73 Å². The number of hydrogen-bond donors (Lipinski definition) is 1. The van der Waals surface area contributed by atoms with Gasteiger partial charge in [-0.2, -0.15) is 4.79 Å². The minimum absolute atomic E-state index is 0.234. The first kappa shape index (κ1) is 13.5. The number of nitrogens with zero attached hydrogens (tertiary/aromatic N) is 2. The first-order valence-electron chi connectivity index (χ1n) is 4.45. The molecule has 0 aromatic carbocycles. The molecule has 0 aliphatic carbocycles. The van der Waals surface area contributed by atoms with Gasteiger partial charge in [0.05, 0.1) is 12.5 Å². The van der Waals surface area contributed by atoms with E-state index >= 15 is 0 Å². The minimum atomic E-state index is -1.03. The van der Waals surface area contributed by atoms with Crippen LogP contribution in [0.3, 0.4) is 0 Å². The third-order valence-corrected chi connectivity index (χ3v) is 1.36. The molecule has 0 radical (unpaired) electrons. The predicted octanol–water partition coefficient (Wildman–Crippen LogP) is -0.0848. The highest BCUT2D eigenvalue weighted by molar-refractivity contribution is 6.28. The van der Waals surface area contributed by atoms with Crippen molar-refractivity contribution in [3.8, 4) is 0 Å². The van der Waals surface area contributed by atoms with Crippen LogP contribution in [0, 0.1) is 0 Å². The molecule has 0 spiro atoms. The maximum absolute atomic E-state index is 11.2. The van der Waals surface area contributed by atoms with E-state index in [1.165, 1.54) is 0 Å². The van der Waals surface area contributed by atoms with Crippen LogP contribution >= 0.6 is 0 Å². The molecular formula is C9H15N3O3. The molecule has 1 atom stereocenters. The van der Waals surface area contributed by atoms with E-state index in [0.717, 1.165) is 0 Å². The van der Waals surface area contributed by atoms with Crippen molar-refractivity contribution in [1.82, 2.24) is 0 Å². The first-order chi connectivity index (χ1) is 6.76. The lowest BCUT2D eigenvalue weighted by molar-refractivity contribution is -0.155. The van der Waals surface area contributed by atoms with E-state index in [1.54, 1.807) is 20.8 Å². The summed E-state index contributed by atoms with van der Waals surface area (Å²) < 4.78 is 4.96. The maximum Gasteiger partial charge on any atom is 0.324 e. The standard InChI is InChI=1S/C9H15N3O3/c1-9(2,3)15-8(14)4-6(10)7(13)5-12-11/h5-6H,4,10H2,1-3H3. The zero-order valence-corrected chi connectivity index (χ0v) is 9.06. The fraction of sp³-hybridized carbons (Fsp3) is 0.667. The Morgan fingerprint density at radius 3 is 2.47 bits per heavy atom. The van der Waals surface area contributed by atoms with E-state index < -0.39 is 23.4 Å². The Hall–Kier alpha value is -1.52. The van der Waals surface area contributed by atoms with Crippen LogP contribution in [0.15, 0.2) is 0 Å². The maximum atomic E-state index is 11.2. The van der Waals surface area contributed by atoms with Crippen LogP contribution in [0.4, 0.5) is 0 Å². The molecule has 6 heteroatoms. The minimum Gasteiger partial charge on any atom is -0.460 e. The van der Waals surface area contributed by atoms with Gasteiger partial charge in [-0.3, -0.25) is 9.59 Å². The Morgan fingerprint density at radius 1 is 1.53 bits per heavy atom. The second kappa shape index (κ2) is 5.38. The average Bonchev–Trinajstić information content (AvgIpc) is 2.00. The van der Waals surface area contributed by atoms with Crippen LogP contribution in [-0.2, 0) is 14.3 Å².